The third-order valence-corrected chi connectivity index (χ3v) is 5.98. The van der Waals surface area contributed by atoms with Crippen LogP contribution < -0.4 is 5.32 Å². The first-order chi connectivity index (χ1) is 13.7. The number of carbonyl (C=O) groups is 1. The maximum Gasteiger partial charge on any atom is 0.303 e. The molecule has 30 heavy (non-hydrogen) atoms. The van der Waals surface area contributed by atoms with Crippen LogP contribution in [0.15, 0.2) is 42.5 Å². The normalized spacial score (nSPS) is 12.3. The number of β-amino-alcohol motifs (C(OH)–C–C–N with tert-alkyl or cyclic N) is 1. The molecule has 7 heteroatoms. The van der Waals surface area contributed by atoms with Crippen molar-refractivity contribution in [3.8, 4) is 0 Å². The fraction of sp³-hybridized carbons (Fsp3) is 0.435. The van der Waals surface area contributed by atoms with Crippen molar-refractivity contribution in [3.63, 3.8) is 0 Å². The van der Waals surface area contributed by atoms with Gasteiger partial charge in [0.2, 0.25) is 0 Å². The van der Waals surface area contributed by atoms with Crippen molar-refractivity contribution in [1.29, 1.82) is 0 Å². The number of carboxylic acids is 1. The number of hydrogen-bond acceptors (Lipinski definition) is 3. The summed E-state index contributed by atoms with van der Waals surface area (Å²) >= 11 is 12.6. The van der Waals surface area contributed by atoms with Crippen LogP contribution in [0.5, 0.6) is 0 Å². The molecule has 0 amide bonds. The second kappa shape index (κ2) is 12.5. The molecule has 0 unspecified atom stereocenters. The maximum absolute atomic E-state index is 10.8. The summed E-state index contributed by atoms with van der Waals surface area (Å²) in [7, 11) is 0. The summed E-state index contributed by atoms with van der Waals surface area (Å²) in [6, 6.07) is 13.9. The average molecular weight is 475 g/mol. The Bertz CT molecular complexity index is 813. The van der Waals surface area contributed by atoms with E-state index < -0.39 is 12.1 Å². The molecule has 166 valence electrons. The smallest absolute Gasteiger partial charge is 0.303 e. The third-order valence-electron chi connectivity index (χ3n) is 5.04. The van der Waals surface area contributed by atoms with Crippen molar-refractivity contribution in [2.45, 2.75) is 57.6 Å². The number of aliphatic hydroxyl groups excluding tert-OH is 1. The molecule has 2 rings (SSSR count). The van der Waals surface area contributed by atoms with E-state index in [0.717, 1.165) is 19.3 Å². The Morgan fingerprint density at radius 2 is 1.73 bits per heavy atom. The standard InChI is InChI=1S/C23H29Cl2NO3.ClH/c1-23(2,14-6-9-16-7-4-3-5-8-16)26-15-19(27)18-12-10-17(11-13-20(28)29)21(24)22(18)25;/h3-5,7-8,10,12,19,26-27H,6,9,11,13-15H2,1-2H3,(H,28,29);1H/t19-;/m1./s1. The van der Waals surface area contributed by atoms with Crippen molar-refractivity contribution in [2.24, 2.45) is 0 Å². The van der Waals surface area contributed by atoms with Gasteiger partial charge in [-0.1, -0.05) is 65.7 Å². The van der Waals surface area contributed by atoms with Gasteiger partial charge in [-0.15, -0.1) is 12.4 Å². The van der Waals surface area contributed by atoms with E-state index in [1.807, 2.05) is 6.07 Å². The van der Waals surface area contributed by atoms with E-state index in [1.54, 1.807) is 12.1 Å². The summed E-state index contributed by atoms with van der Waals surface area (Å²) in [4.78, 5) is 10.8. The van der Waals surface area contributed by atoms with Gasteiger partial charge in [0.15, 0.2) is 0 Å². The van der Waals surface area contributed by atoms with Gasteiger partial charge in [0.05, 0.1) is 16.1 Å². The highest BCUT2D eigenvalue weighted by molar-refractivity contribution is 6.43. The molecular weight excluding hydrogens is 445 g/mol. The number of hydrogen-bond donors (Lipinski definition) is 3. The van der Waals surface area contributed by atoms with E-state index in [1.165, 1.54) is 5.56 Å². The second-order valence-electron chi connectivity index (χ2n) is 7.96. The number of rotatable bonds is 11. The summed E-state index contributed by atoms with van der Waals surface area (Å²) in [5.41, 5.74) is 2.41. The summed E-state index contributed by atoms with van der Waals surface area (Å²) < 4.78 is 0. The Kier molecular flexibility index (Phi) is 11.2. The maximum atomic E-state index is 10.8. The van der Waals surface area contributed by atoms with E-state index in [2.05, 4.69) is 43.4 Å². The molecule has 0 radical (unpaired) electrons. The predicted molar refractivity (Wildman–Crippen MR) is 126 cm³/mol. The number of aliphatic carboxylic acids is 1. The highest BCUT2D eigenvalue weighted by Gasteiger charge is 2.21. The first-order valence-corrected chi connectivity index (χ1v) is 10.6. The molecule has 0 saturated carbocycles. The minimum atomic E-state index is -0.889. The molecular formula is C23H30Cl3NO3. The first-order valence-electron chi connectivity index (χ1n) is 9.85. The SMILES string of the molecule is CC(C)(CCCc1ccccc1)NC[C@@H](O)c1ccc(CCC(=O)O)c(Cl)c1Cl.Cl. The lowest BCUT2D eigenvalue weighted by atomic mass is 9.95. The molecule has 0 fully saturated rings. The van der Waals surface area contributed by atoms with Gasteiger partial charge in [-0.05, 0) is 50.7 Å². The quantitative estimate of drug-likeness (QED) is 0.382. The molecule has 2 aromatic rings. The first kappa shape index (κ1) is 26.7. The van der Waals surface area contributed by atoms with Crippen molar-refractivity contribution in [3.05, 3.63) is 69.2 Å². The van der Waals surface area contributed by atoms with E-state index >= 15 is 0 Å². The monoisotopic (exact) mass is 473 g/mol. The average Bonchev–Trinajstić information content (AvgIpc) is 2.68. The van der Waals surface area contributed by atoms with Crippen LogP contribution in [0.2, 0.25) is 10.0 Å². The summed E-state index contributed by atoms with van der Waals surface area (Å²) in [6.45, 7) is 4.59. The van der Waals surface area contributed by atoms with Gasteiger partial charge in [0.1, 0.15) is 0 Å². The molecule has 4 nitrogen and oxygen atoms in total. The lowest BCUT2D eigenvalue weighted by molar-refractivity contribution is -0.136. The van der Waals surface area contributed by atoms with Crippen molar-refractivity contribution in [2.75, 3.05) is 6.54 Å². The molecule has 0 heterocycles. The number of carboxylic acid groups (broad SMARTS) is 1. The molecule has 0 aliphatic heterocycles. The molecule has 3 N–H and O–H groups in total. The topological polar surface area (TPSA) is 69.6 Å². The fourth-order valence-corrected chi connectivity index (χ4v) is 3.82. The molecule has 0 bridgehead atoms. The van der Waals surface area contributed by atoms with Crippen LogP contribution in [0.25, 0.3) is 0 Å². The van der Waals surface area contributed by atoms with Gasteiger partial charge in [0, 0.05) is 24.1 Å². The van der Waals surface area contributed by atoms with Gasteiger partial charge in [-0.2, -0.15) is 0 Å². The van der Waals surface area contributed by atoms with E-state index in [4.69, 9.17) is 28.3 Å². The molecule has 0 aliphatic rings. The van der Waals surface area contributed by atoms with Gasteiger partial charge in [-0.25, -0.2) is 0 Å². The summed E-state index contributed by atoms with van der Waals surface area (Å²) in [5.74, 6) is -0.889. The molecule has 0 aliphatic carbocycles. The van der Waals surface area contributed by atoms with Crippen LogP contribution in [0, 0.1) is 0 Å². The highest BCUT2D eigenvalue weighted by Crippen LogP contribution is 2.33. The Morgan fingerprint density at radius 3 is 2.37 bits per heavy atom. The number of aliphatic hydroxyl groups is 1. The zero-order valence-corrected chi connectivity index (χ0v) is 19.7. The van der Waals surface area contributed by atoms with Crippen molar-refractivity contribution < 1.29 is 15.0 Å². The van der Waals surface area contributed by atoms with Gasteiger partial charge < -0.3 is 15.5 Å². The van der Waals surface area contributed by atoms with E-state index in [9.17, 15) is 9.90 Å². The minimum Gasteiger partial charge on any atom is -0.481 e. The third kappa shape index (κ3) is 8.44. The Labute approximate surface area is 195 Å². The number of nitrogens with one attached hydrogen (secondary N) is 1. The van der Waals surface area contributed by atoms with E-state index in [-0.39, 0.29) is 29.4 Å². The summed E-state index contributed by atoms with van der Waals surface area (Å²) in [6.07, 6.45) is 2.52. The highest BCUT2D eigenvalue weighted by atomic mass is 35.5. The number of aryl methyl sites for hydroxylation is 2. The lowest BCUT2D eigenvalue weighted by Crippen LogP contribution is -2.41. The predicted octanol–water partition coefficient (Wildman–Crippen LogP) is 5.86. The van der Waals surface area contributed by atoms with Crippen molar-refractivity contribution >= 4 is 41.6 Å². The largest absolute Gasteiger partial charge is 0.481 e. The molecule has 1 atom stereocenters. The molecule has 0 spiro atoms. The Balaban J connectivity index is 0.00000450. The lowest BCUT2D eigenvalue weighted by Gasteiger charge is -2.28. The molecule has 0 aromatic heterocycles. The number of benzene rings is 2. The second-order valence-corrected chi connectivity index (χ2v) is 8.71. The Hall–Kier alpha value is -1.30. The van der Waals surface area contributed by atoms with Crippen LogP contribution >= 0.6 is 35.6 Å². The number of halogens is 3. The fourth-order valence-electron chi connectivity index (χ4n) is 3.25. The molecule has 0 saturated heterocycles. The van der Waals surface area contributed by atoms with E-state index in [0.29, 0.717) is 29.1 Å². The van der Waals surface area contributed by atoms with Gasteiger partial charge in [-0.3, -0.25) is 4.79 Å². The zero-order valence-electron chi connectivity index (χ0n) is 17.3. The van der Waals surface area contributed by atoms with Crippen LogP contribution in [0.3, 0.4) is 0 Å². The molecule has 2 aromatic carbocycles. The zero-order chi connectivity index (χ0) is 21.4. The minimum absolute atomic E-state index is 0. The van der Waals surface area contributed by atoms with Crippen molar-refractivity contribution in [1.82, 2.24) is 5.32 Å². The van der Waals surface area contributed by atoms with Crippen LogP contribution in [0.1, 0.15) is 55.9 Å². The summed E-state index contributed by atoms with van der Waals surface area (Å²) in [5, 5.41) is 23.4. The van der Waals surface area contributed by atoms with Crippen LogP contribution in [-0.4, -0.2) is 28.3 Å². The van der Waals surface area contributed by atoms with Crippen LogP contribution in [-0.2, 0) is 17.6 Å². The van der Waals surface area contributed by atoms with Gasteiger partial charge in [0.25, 0.3) is 0 Å². The Morgan fingerprint density at radius 1 is 1.07 bits per heavy atom. The van der Waals surface area contributed by atoms with Gasteiger partial charge >= 0.3 is 5.97 Å². The van der Waals surface area contributed by atoms with Crippen LogP contribution in [0.4, 0.5) is 0 Å².